The zero-order chi connectivity index (χ0) is 17.5. The first-order valence-electron chi connectivity index (χ1n) is 7.17. The maximum atomic E-state index is 11.5. The molecule has 0 bridgehead atoms. The van der Waals surface area contributed by atoms with Crippen LogP contribution in [-0.4, -0.2) is 43.1 Å². The number of carbonyl (C=O) groups is 2. The maximum Gasteiger partial charge on any atom is 0.407 e. The van der Waals surface area contributed by atoms with E-state index in [0.717, 1.165) is 5.48 Å². The summed E-state index contributed by atoms with van der Waals surface area (Å²) in [5.74, 6) is -0.468. The number of anilines is 1. The third-order valence-electron chi connectivity index (χ3n) is 2.72. The lowest BCUT2D eigenvalue weighted by atomic mass is 10.1. The number of amides is 1. The molecule has 0 aliphatic heterocycles. The Balaban J connectivity index is 2.56. The normalized spacial score (nSPS) is 10.8. The number of esters is 1. The highest BCUT2D eigenvalue weighted by atomic mass is 16.6. The minimum Gasteiger partial charge on any atom is -0.465 e. The van der Waals surface area contributed by atoms with E-state index < -0.39 is 17.7 Å². The molecular weight excluding hydrogens is 302 g/mol. The van der Waals surface area contributed by atoms with Crippen molar-refractivity contribution in [1.82, 2.24) is 5.32 Å². The van der Waals surface area contributed by atoms with Crippen molar-refractivity contribution in [2.24, 2.45) is 0 Å². The summed E-state index contributed by atoms with van der Waals surface area (Å²) in [7, 11) is 1.30. The number of nitrogens with two attached hydrogens (primary N) is 1. The van der Waals surface area contributed by atoms with Gasteiger partial charge in [0, 0.05) is 19.2 Å². The van der Waals surface area contributed by atoms with E-state index in [9.17, 15) is 14.8 Å². The van der Waals surface area contributed by atoms with Crippen molar-refractivity contribution in [3.63, 3.8) is 0 Å². The smallest absolute Gasteiger partial charge is 0.407 e. The Hall–Kier alpha value is -2.32. The Labute approximate surface area is 135 Å². The first-order valence-corrected chi connectivity index (χ1v) is 7.17. The van der Waals surface area contributed by atoms with Crippen LogP contribution in [-0.2, 0) is 9.47 Å². The molecular formula is C15H24N3O5+. The molecule has 0 heterocycles. The standard InChI is InChI=1S/C15H23N3O5/c1-15(2,3)23-14(20)17-8-7-16-12-9-10(13(19)22-4)5-6-11(12)18-21/h5-6,9,16,18,21H,7-8H2,1-4H3,(H,17,20)/p+1. The number of alkyl carbamates (subject to hydrolysis) is 1. The van der Waals surface area contributed by atoms with E-state index in [4.69, 9.17) is 4.74 Å². The molecule has 5 N–H and O–H groups in total. The predicted octanol–water partition coefficient (Wildman–Crippen LogP) is 0.994. The topological polar surface area (TPSA) is 114 Å². The monoisotopic (exact) mass is 326 g/mol. The molecule has 0 aliphatic rings. The molecule has 0 spiro atoms. The van der Waals surface area contributed by atoms with Gasteiger partial charge in [0.2, 0.25) is 0 Å². The van der Waals surface area contributed by atoms with Crippen LogP contribution < -0.4 is 16.1 Å². The lowest BCUT2D eigenvalue weighted by Gasteiger charge is -2.19. The fourth-order valence-electron chi connectivity index (χ4n) is 1.74. The number of benzene rings is 1. The van der Waals surface area contributed by atoms with Gasteiger partial charge < -0.3 is 20.1 Å². The third kappa shape index (κ3) is 6.54. The first kappa shape index (κ1) is 18.7. The number of methoxy groups -OCH3 is 1. The van der Waals surface area contributed by atoms with Crippen LogP contribution in [0.15, 0.2) is 18.2 Å². The number of ether oxygens (including phenoxy) is 2. The van der Waals surface area contributed by atoms with Crippen LogP contribution in [0.4, 0.5) is 16.2 Å². The van der Waals surface area contributed by atoms with Gasteiger partial charge in [0.15, 0.2) is 5.69 Å². The summed E-state index contributed by atoms with van der Waals surface area (Å²) in [5, 5.41) is 14.8. The van der Waals surface area contributed by atoms with Crippen molar-refractivity contribution in [3.8, 4) is 0 Å². The molecule has 0 radical (unpaired) electrons. The van der Waals surface area contributed by atoms with Crippen LogP contribution in [0.25, 0.3) is 0 Å². The molecule has 1 amide bonds. The second-order valence-corrected chi connectivity index (χ2v) is 5.78. The summed E-state index contributed by atoms with van der Waals surface area (Å²) in [6, 6.07) is 4.72. The molecule has 23 heavy (non-hydrogen) atoms. The molecule has 1 aromatic carbocycles. The van der Waals surface area contributed by atoms with Gasteiger partial charge in [-0.1, -0.05) is 0 Å². The van der Waals surface area contributed by atoms with E-state index in [-0.39, 0.29) is 0 Å². The van der Waals surface area contributed by atoms with Gasteiger partial charge in [0.1, 0.15) is 5.60 Å². The lowest BCUT2D eigenvalue weighted by molar-refractivity contribution is -0.825. The Morgan fingerprint density at radius 2 is 1.96 bits per heavy atom. The second kappa shape index (κ2) is 8.35. The van der Waals surface area contributed by atoms with Crippen molar-refractivity contribution >= 4 is 23.4 Å². The van der Waals surface area contributed by atoms with E-state index in [1.807, 2.05) is 0 Å². The van der Waals surface area contributed by atoms with Gasteiger partial charge in [-0.25, -0.2) is 14.8 Å². The molecule has 0 atom stereocenters. The number of hydrogen-bond acceptors (Lipinski definition) is 6. The molecule has 0 aromatic heterocycles. The highest BCUT2D eigenvalue weighted by Crippen LogP contribution is 2.19. The third-order valence-corrected chi connectivity index (χ3v) is 2.72. The second-order valence-electron chi connectivity index (χ2n) is 5.78. The van der Waals surface area contributed by atoms with Crippen molar-refractivity contribution in [2.75, 3.05) is 25.5 Å². The highest BCUT2D eigenvalue weighted by molar-refractivity contribution is 5.91. The SMILES string of the molecule is COC(=O)c1ccc([NH2+]O)c(NCCNC(=O)OC(C)(C)C)c1. The molecule has 0 fully saturated rings. The van der Waals surface area contributed by atoms with Crippen molar-refractivity contribution in [3.05, 3.63) is 23.8 Å². The zero-order valence-electron chi connectivity index (χ0n) is 13.8. The van der Waals surface area contributed by atoms with Crippen molar-refractivity contribution in [1.29, 1.82) is 0 Å². The Bertz CT molecular complexity index is 555. The molecule has 128 valence electrons. The summed E-state index contributed by atoms with van der Waals surface area (Å²) in [4.78, 5) is 23.0. The summed E-state index contributed by atoms with van der Waals surface area (Å²) in [6.07, 6.45) is -0.503. The largest absolute Gasteiger partial charge is 0.465 e. The molecule has 8 nitrogen and oxygen atoms in total. The molecule has 0 saturated carbocycles. The van der Waals surface area contributed by atoms with Gasteiger partial charge in [0.05, 0.1) is 18.4 Å². The molecule has 0 unspecified atom stereocenters. The summed E-state index contributed by atoms with van der Waals surface area (Å²) in [5.41, 5.74) is 1.83. The minimum absolute atomic E-state index is 0.322. The van der Waals surface area contributed by atoms with Crippen molar-refractivity contribution in [2.45, 2.75) is 26.4 Å². The van der Waals surface area contributed by atoms with Crippen LogP contribution in [0.3, 0.4) is 0 Å². The van der Waals surface area contributed by atoms with Gasteiger partial charge in [-0.05, 0) is 32.9 Å². The Kier molecular flexibility index (Phi) is 6.80. The average Bonchev–Trinajstić information content (AvgIpc) is 2.48. The predicted molar refractivity (Wildman–Crippen MR) is 83.9 cm³/mol. The molecule has 0 aliphatic carbocycles. The zero-order valence-corrected chi connectivity index (χ0v) is 13.8. The van der Waals surface area contributed by atoms with Gasteiger partial charge in [-0.15, -0.1) is 0 Å². The van der Waals surface area contributed by atoms with Crippen LogP contribution in [0.1, 0.15) is 31.1 Å². The minimum atomic E-state index is -0.550. The molecule has 0 saturated heterocycles. The van der Waals surface area contributed by atoms with E-state index in [1.165, 1.54) is 7.11 Å². The highest BCUT2D eigenvalue weighted by Gasteiger charge is 2.16. The van der Waals surface area contributed by atoms with E-state index in [1.54, 1.807) is 39.0 Å². The van der Waals surface area contributed by atoms with Crippen LogP contribution in [0.2, 0.25) is 0 Å². The maximum absolute atomic E-state index is 11.5. The first-order chi connectivity index (χ1) is 10.8. The van der Waals surface area contributed by atoms with Crippen LogP contribution in [0, 0.1) is 0 Å². The number of hydrogen-bond donors (Lipinski definition) is 4. The summed E-state index contributed by atoms with van der Waals surface area (Å²) >= 11 is 0. The molecule has 1 rings (SSSR count). The lowest BCUT2D eigenvalue weighted by Crippen LogP contribution is -2.74. The molecule has 8 heteroatoms. The Morgan fingerprint density at radius 1 is 1.26 bits per heavy atom. The number of quaternary nitrogens is 1. The van der Waals surface area contributed by atoms with Gasteiger partial charge in [0.25, 0.3) is 0 Å². The van der Waals surface area contributed by atoms with Crippen LogP contribution >= 0.6 is 0 Å². The Morgan fingerprint density at radius 3 is 2.52 bits per heavy atom. The summed E-state index contributed by atoms with van der Waals surface area (Å²) < 4.78 is 9.77. The molecule has 1 aromatic rings. The van der Waals surface area contributed by atoms with Crippen molar-refractivity contribution < 1.29 is 29.8 Å². The van der Waals surface area contributed by atoms with E-state index in [2.05, 4.69) is 15.4 Å². The fraction of sp³-hybridized carbons (Fsp3) is 0.467. The number of carbonyl (C=O) groups excluding carboxylic acids is 2. The van der Waals surface area contributed by atoms with E-state index >= 15 is 0 Å². The average molecular weight is 326 g/mol. The summed E-state index contributed by atoms with van der Waals surface area (Å²) in [6.45, 7) is 6.07. The van der Waals surface area contributed by atoms with Gasteiger partial charge in [-0.2, -0.15) is 5.48 Å². The van der Waals surface area contributed by atoms with Crippen LogP contribution in [0.5, 0.6) is 0 Å². The van der Waals surface area contributed by atoms with Gasteiger partial charge >= 0.3 is 12.1 Å². The fourth-order valence-corrected chi connectivity index (χ4v) is 1.74. The number of rotatable bonds is 6. The van der Waals surface area contributed by atoms with Gasteiger partial charge in [-0.3, -0.25) is 0 Å². The van der Waals surface area contributed by atoms with E-state index in [0.29, 0.717) is 30.0 Å². The number of nitrogens with one attached hydrogen (secondary N) is 2. The quantitative estimate of drug-likeness (QED) is 0.268.